The lowest BCUT2D eigenvalue weighted by Gasteiger charge is -2.37. The summed E-state index contributed by atoms with van der Waals surface area (Å²) in [5.41, 5.74) is -0.964. The monoisotopic (exact) mass is 250 g/mol. The Balaban J connectivity index is 2.81. The number of carbonyl (C=O) groups is 2. The molecule has 0 aliphatic carbocycles. The molecule has 0 radical (unpaired) electrons. The minimum absolute atomic E-state index is 0.389. The van der Waals surface area contributed by atoms with Crippen LogP contribution in [0.1, 0.15) is 13.8 Å². The van der Waals surface area contributed by atoms with Gasteiger partial charge in [0.15, 0.2) is 5.72 Å². The van der Waals surface area contributed by atoms with Crippen molar-refractivity contribution in [2.24, 2.45) is 0 Å². The van der Waals surface area contributed by atoms with Crippen molar-refractivity contribution in [3.8, 4) is 0 Å². The summed E-state index contributed by atoms with van der Waals surface area (Å²) in [6.45, 7) is 3.86. The molecule has 0 aromatic carbocycles. The molecule has 3 amide bonds. The Morgan fingerprint density at radius 1 is 1.62 bits per heavy atom. The van der Waals surface area contributed by atoms with Crippen LogP contribution in [0.15, 0.2) is 0 Å². The Bertz CT molecular complexity index is 246. The van der Waals surface area contributed by atoms with Crippen molar-refractivity contribution in [3.05, 3.63) is 0 Å². The van der Waals surface area contributed by atoms with E-state index < -0.39 is 16.6 Å². The summed E-state index contributed by atoms with van der Waals surface area (Å²) in [5, 5.41) is 4.66. The average molecular weight is 251 g/mol. The maximum absolute atomic E-state index is 11.2. The third kappa shape index (κ3) is 2.00. The quantitative estimate of drug-likeness (QED) is 0.695. The Kier molecular flexibility index (Phi) is 2.92. The van der Waals surface area contributed by atoms with Gasteiger partial charge < -0.3 is 10.1 Å². The first-order chi connectivity index (χ1) is 5.99. The summed E-state index contributed by atoms with van der Waals surface area (Å²) < 4.78 is 5.28. The molecule has 0 bridgehead atoms. The lowest BCUT2D eigenvalue weighted by Crippen LogP contribution is -2.67. The Morgan fingerprint density at radius 3 is 2.77 bits per heavy atom. The SMILES string of the molecule is CCO[C@]1(C)NC(=O)NC(=O)[C@@H]1Br. The molecule has 0 saturated carbocycles. The van der Waals surface area contributed by atoms with Crippen LogP contribution in [0.2, 0.25) is 0 Å². The number of rotatable bonds is 2. The van der Waals surface area contributed by atoms with Crippen LogP contribution in [-0.2, 0) is 9.53 Å². The highest BCUT2D eigenvalue weighted by atomic mass is 79.9. The number of urea groups is 1. The van der Waals surface area contributed by atoms with Gasteiger partial charge in [0, 0.05) is 6.61 Å². The number of hydrogen-bond donors (Lipinski definition) is 2. The molecule has 1 aliphatic heterocycles. The molecule has 0 aromatic rings. The third-order valence-electron chi connectivity index (χ3n) is 1.76. The fourth-order valence-electron chi connectivity index (χ4n) is 1.15. The Hall–Kier alpha value is -0.620. The zero-order chi connectivity index (χ0) is 10.1. The van der Waals surface area contributed by atoms with Gasteiger partial charge in [0.2, 0.25) is 5.91 Å². The van der Waals surface area contributed by atoms with Crippen molar-refractivity contribution in [1.82, 2.24) is 10.6 Å². The standard InChI is InChI=1S/C7H11BrN2O3/c1-3-13-7(2)4(8)5(11)9-6(12)10-7/h4H,3H2,1-2H3,(H2,9,10,11,12)/t4-,7-/m0/s1. The molecular formula is C7H11BrN2O3. The predicted molar refractivity (Wildman–Crippen MR) is 49.4 cm³/mol. The second-order valence-electron chi connectivity index (χ2n) is 2.85. The minimum atomic E-state index is -0.964. The number of carbonyl (C=O) groups excluding carboxylic acids is 2. The van der Waals surface area contributed by atoms with Crippen molar-refractivity contribution in [3.63, 3.8) is 0 Å². The van der Waals surface area contributed by atoms with Crippen molar-refractivity contribution in [1.29, 1.82) is 0 Å². The maximum atomic E-state index is 11.2. The number of nitrogens with one attached hydrogen (secondary N) is 2. The van der Waals surface area contributed by atoms with E-state index in [1.165, 1.54) is 0 Å². The van der Waals surface area contributed by atoms with Crippen molar-refractivity contribution >= 4 is 27.9 Å². The van der Waals surface area contributed by atoms with Crippen LogP contribution in [0.25, 0.3) is 0 Å². The van der Waals surface area contributed by atoms with Gasteiger partial charge >= 0.3 is 6.03 Å². The molecule has 0 aromatic heterocycles. The third-order valence-corrected chi connectivity index (χ3v) is 3.05. The fourth-order valence-corrected chi connectivity index (χ4v) is 1.52. The highest BCUT2D eigenvalue weighted by Gasteiger charge is 2.44. The van der Waals surface area contributed by atoms with Gasteiger partial charge in [-0.25, -0.2) is 4.79 Å². The van der Waals surface area contributed by atoms with Gasteiger partial charge in [0.25, 0.3) is 0 Å². The van der Waals surface area contributed by atoms with Crippen molar-refractivity contribution in [2.75, 3.05) is 6.61 Å². The zero-order valence-electron chi connectivity index (χ0n) is 7.39. The number of imide groups is 1. The van der Waals surface area contributed by atoms with Gasteiger partial charge in [-0.2, -0.15) is 0 Å². The second kappa shape index (κ2) is 3.63. The lowest BCUT2D eigenvalue weighted by molar-refractivity contribution is -0.129. The van der Waals surface area contributed by atoms with E-state index in [1.807, 2.05) is 0 Å². The Morgan fingerprint density at radius 2 is 2.23 bits per heavy atom. The van der Waals surface area contributed by atoms with E-state index >= 15 is 0 Å². The summed E-state index contributed by atoms with van der Waals surface area (Å²) in [5.74, 6) is -0.389. The first kappa shape index (κ1) is 10.5. The highest BCUT2D eigenvalue weighted by Crippen LogP contribution is 2.22. The highest BCUT2D eigenvalue weighted by molar-refractivity contribution is 9.10. The lowest BCUT2D eigenvalue weighted by atomic mass is 10.1. The maximum Gasteiger partial charge on any atom is 0.323 e. The molecule has 5 nitrogen and oxygen atoms in total. The fraction of sp³-hybridized carbons (Fsp3) is 0.714. The van der Waals surface area contributed by atoms with Crippen molar-refractivity contribution < 1.29 is 14.3 Å². The van der Waals surface area contributed by atoms with E-state index in [0.29, 0.717) is 6.61 Å². The van der Waals surface area contributed by atoms with Crippen LogP contribution < -0.4 is 10.6 Å². The Labute approximate surface area is 84.3 Å². The van der Waals surface area contributed by atoms with Gasteiger partial charge in [-0.3, -0.25) is 10.1 Å². The molecular weight excluding hydrogens is 240 g/mol. The number of alkyl halides is 1. The van der Waals surface area contributed by atoms with Crippen LogP contribution in [0.3, 0.4) is 0 Å². The molecule has 1 fully saturated rings. The van der Waals surface area contributed by atoms with Crippen LogP contribution in [0.5, 0.6) is 0 Å². The molecule has 0 unspecified atom stereocenters. The van der Waals surface area contributed by atoms with Gasteiger partial charge in [-0.05, 0) is 13.8 Å². The first-order valence-electron chi connectivity index (χ1n) is 3.90. The summed E-state index contributed by atoms with van der Waals surface area (Å²) >= 11 is 3.15. The minimum Gasteiger partial charge on any atom is -0.355 e. The summed E-state index contributed by atoms with van der Waals surface area (Å²) in [7, 11) is 0. The largest absolute Gasteiger partial charge is 0.355 e. The van der Waals surface area contributed by atoms with Crippen LogP contribution in [-0.4, -0.2) is 29.1 Å². The molecule has 2 atom stereocenters. The zero-order valence-corrected chi connectivity index (χ0v) is 8.97. The molecule has 13 heavy (non-hydrogen) atoms. The molecule has 0 spiro atoms. The van der Waals surface area contributed by atoms with E-state index in [1.54, 1.807) is 13.8 Å². The topological polar surface area (TPSA) is 67.4 Å². The summed E-state index contributed by atoms with van der Waals surface area (Å²) in [4.78, 5) is 21.6. The van der Waals surface area contributed by atoms with Gasteiger partial charge in [-0.15, -0.1) is 0 Å². The van der Waals surface area contributed by atoms with Gasteiger partial charge in [-0.1, -0.05) is 15.9 Å². The summed E-state index contributed by atoms with van der Waals surface area (Å²) in [6, 6.07) is -0.531. The van der Waals surface area contributed by atoms with Crippen LogP contribution in [0.4, 0.5) is 4.79 Å². The molecule has 1 aliphatic rings. The van der Waals surface area contributed by atoms with Crippen LogP contribution in [0, 0.1) is 0 Å². The first-order valence-corrected chi connectivity index (χ1v) is 4.82. The number of hydrogen-bond acceptors (Lipinski definition) is 3. The molecule has 1 heterocycles. The van der Waals surface area contributed by atoms with E-state index in [-0.39, 0.29) is 5.91 Å². The molecule has 6 heteroatoms. The van der Waals surface area contributed by atoms with Crippen LogP contribution >= 0.6 is 15.9 Å². The number of halogens is 1. The normalized spacial score (nSPS) is 33.9. The number of amides is 3. The second-order valence-corrected chi connectivity index (χ2v) is 3.76. The molecule has 74 valence electrons. The number of ether oxygens (including phenoxy) is 1. The summed E-state index contributed by atoms with van der Waals surface area (Å²) in [6.07, 6.45) is 0. The molecule has 2 N–H and O–H groups in total. The van der Waals surface area contributed by atoms with E-state index in [0.717, 1.165) is 0 Å². The van der Waals surface area contributed by atoms with E-state index in [2.05, 4.69) is 26.6 Å². The van der Waals surface area contributed by atoms with E-state index in [4.69, 9.17) is 4.74 Å². The van der Waals surface area contributed by atoms with E-state index in [9.17, 15) is 9.59 Å². The molecule has 1 rings (SSSR count). The predicted octanol–water partition coefficient (Wildman–Crippen LogP) is 0.342. The van der Waals surface area contributed by atoms with Crippen molar-refractivity contribution in [2.45, 2.75) is 24.4 Å². The smallest absolute Gasteiger partial charge is 0.323 e. The molecule has 1 saturated heterocycles. The average Bonchev–Trinajstić information content (AvgIpc) is 2.00. The van der Waals surface area contributed by atoms with Gasteiger partial charge in [0.05, 0.1) is 0 Å². The van der Waals surface area contributed by atoms with Gasteiger partial charge in [0.1, 0.15) is 4.83 Å².